The molecule has 0 aromatic rings. The first-order chi connectivity index (χ1) is 7.27. The highest BCUT2D eigenvalue weighted by molar-refractivity contribution is 7.91. The number of rotatable bonds is 2. The highest BCUT2D eigenvalue weighted by atomic mass is 32.2. The van der Waals surface area contributed by atoms with Crippen molar-refractivity contribution < 1.29 is 8.42 Å². The average Bonchev–Trinajstić information content (AvgIpc) is 2.42. The van der Waals surface area contributed by atoms with Gasteiger partial charge in [-0.3, -0.25) is 4.90 Å². The van der Waals surface area contributed by atoms with Gasteiger partial charge in [0.25, 0.3) is 0 Å². The lowest BCUT2D eigenvalue weighted by molar-refractivity contribution is 0.177. The SMILES string of the molecule is C#CC(C)(C)N1CCCCC(S(C)(=O)=O)C1. The molecule has 0 saturated carbocycles. The molecule has 3 nitrogen and oxygen atoms in total. The van der Waals surface area contributed by atoms with Crippen LogP contribution in [-0.4, -0.2) is 43.5 Å². The van der Waals surface area contributed by atoms with Crippen molar-refractivity contribution in [2.24, 2.45) is 0 Å². The van der Waals surface area contributed by atoms with Crippen LogP contribution in [0.5, 0.6) is 0 Å². The first-order valence-electron chi connectivity index (χ1n) is 5.69. The summed E-state index contributed by atoms with van der Waals surface area (Å²) >= 11 is 0. The van der Waals surface area contributed by atoms with E-state index in [1.165, 1.54) is 6.26 Å². The Morgan fingerprint density at radius 2 is 2.00 bits per heavy atom. The summed E-state index contributed by atoms with van der Waals surface area (Å²) < 4.78 is 23.2. The third kappa shape index (κ3) is 3.23. The minimum Gasteiger partial charge on any atom is -0.286 e. The molecule has 1 fully saturated rings. The largest absolute Gasteiger partial charge is 0.286 e. The second-order valence-electron chi connectivity index (χ2n) is 5.10. The molecule has 1 aliphatic heterocycles. The maximum absolute atomic E-state index is 11.6. The highest BCUT2D eigenvalue weighted by Gasteiger charge is 2.32. The Kier molecular flexibility index (Phi) is 4.03. The summed E-state index contributed by atoms with van der Waals surface area (Å²) in [6, 6.07) is 0. The predicted molar refractivity (Wildman–Crippen MR) is 67.0 cm³/mol. The number of terminal acetylenes is 1. The molecule has 92 valence electrons. The second-order valence-corrected chi connectivity index (χ2v) is 7.42. The Hall–Kier alpha value is -0.530. The Morgan fingerprint density at radius 3 is 2.50 bits per heavy atom. The van der Waals surface area contributed by atoms with Crippen molar-refractivity contribution >= 4 is 9.84 Å². The molecular weight excluding hydrogens is 222 g/mol. The third-order valence-corrected chi connectivity index (χ3v) is 4.97. The second kappa shape index (κ2) is 4.77. The van der Waals surface area contributed by atoms with E-state index in [2.05, 4.69) is 10.8 Å². The van der Waals surface area contributed by atoms with Gasteiger partial charge in [0.15, 0.2) is 9.84 Å². The highest BCUT2D eigenvalue weighted by Crippen LogP contribution is 2.22. The van der Waals surface area contributed by atoms with Crippen molar-refractivity contribution in [2.75, 3.05) is 19.3 Å². The van der Waals surface area contributed by atoms with Crippen LogP contribution in [0, 0.1) is 12.3 Å². The van der Waals surface area contributed by atoms with Gasteiger partial charge in [0, 0.05) is 12.8 Å². The minimum absolute atomic E-state index is 0.261. The van der Waals surface area contributed by atoms with Crippen LogP contribution >= 0.6 is 0 Å². The molecule has 4 heteroatoms. The Balaban J connectivity index is 2.87. The summed E-state index contributed by atoms with van der Waals surface area (Å²) in [5, 5.41) is -0.261. The molecule has 0 N–H and O–H groups in total. The molecule has 0 spiro atoms. The first kappa shape index (κ1) is 13.5. The van der Waals surface area contributed by atoms with Gasteiger partial charge in [-0.2, -0.15) is 0 Å². The van der Waals surface area contributed by atoms with Crippen LogP contribution in [0.25, 0.3) is 0 Å². The molecule has 0 aliphatic carbocycles. The van der Waals surface area contributed by atoms with Crippen LogP contribution in [0.1, 0.15) is 33.1 Å². The van der Waals surface area contributed by atoms with Crippen molar-refractivity contribution in [3.05, 3.63) is 0 Å². The van der Waals surface area contributed by atoms with E-state index in [1.54, 1.807) is 0 Å². The van der Waals surface area contributed by atoms with Gasteiger partial charge in [-0.25, -0.2) is 8.42 Å². The van der Waals surface area contributed by atoms with Crippen molar-refractivity contribution in [3.8, 4) is 12.3 Å². The van der Waals surface area contributed by atoms with Gasteiger partial charge in [-0.15, -0.1) is 6.42 Å². The maximum atomic E-state index is 11.6. The number of nitrogens with zero attached hydrogens (tertiary/aromatic N) is 1. The van der Waals surface area contributed by atoms with Gasteiger partial charge in [0.1, 0.15) is 0 Å². The molecule has 0 aromatic carbocycles. The van der Waals surface area contributed by atoms with Crippen LogP contribution in [-0.2, 0) is 9.84 Å². The molecule has 1 heterocycles. The van der Waals surface area contributed by atoms with E-state index in [-0.39, 0.29) is 10.8 Å². The van der Waals surface area contributed by atoms with Crippen LogP contribution < -0.4 is 0 Å². The smallest absolute Gasteiger partial charge is 0.151 e. The van der Waals surface area contributed by atoms with Crippen LogP contribution in [0.4, 0.5) is 0 Å². The lowest BCUT2D eigenvalue weighted by atomic mass is 10.0. The van der Waals surface area contributed by atoms with Gasteiger partial charge in [-0.1, -0.05) is 12.3 Å². The van der Waals surface area contributed by atoms with E-state index in [9.17, 15) is 8.42 Å². The molecule has 0 aromatic heterocycles. The van der Waals surface area contributed by atoms with E-state index in [0.29, 0.717) is 6.54 Å². The number of hydrogen-bond acceptors (Lipinski definition) is 3. The van der Waals surface area contributed by atoms with Gasteiger partial charge in [-0.05, 0) is 33.2 Å². The molecule has 0 radical (unpaired) electrons. The van der Waals surface area contributed by atoms with Gasteiger partial charge < -0.3 is 0 Å². The quantitative estimate of drug-likeness (QED) is 0.686. The summed E-state index contributed by atoms with van der Waals surface area (Å²) in [7, 11) is -2.96. The van der Waals surface area contributed by atoms with Crippen LogP contribution in [0.2, 0.25) is 0 Å². The Morgan fingerprint density at radius 1 is 1.38 bits per heavy atom. The summed E-state index contributed by atoms with van der Waals surface area (Å²) in [4.78, 5) is 2.12. The summed E-state index contributed by atoms with van der Waals surface area (Å²) in [6.07, 6.45) is 9.58. The van der Waals surface area contributed by atoms with E-state index >= 15 is 0 Å². The average molecular weight is 243 g/mol. The normalized spacial score (nSPS) is 24.8. The standard InChI is InChI=1S/C12H21NO2S/c1-5-12(2,3)13-9-7-6-8-11(10-13)16(4,14)15/h1,11H,6-10H2,2-4H3. The van der Waals surface area contributed by atoms with Crippen LogP contribution in [0.15, 0.2) is 0 Å². The fourth-order valence-corrected chi connectivity index (χ4v) is 3.10. The van der Waals surface area contributed by atoms with Gasteiger partial charge in [0.05, 0.1) is 10.8 Å². The Bertz CT molecular complexity index is 378. The lowest BCUT2D eigenvalue weighted by Crippen LogP contribution is -2.47. The molecule has 1 atom stereocenters. The molecule has 1 rings (SSSR count). The van der Waals surface area contributed by atoms with Crippen molar-refractivity contribution in [3.63, 3.8) is 0 Å². The zero-order valence-corrected chi connectivity index (χ0v) is 11.2. The summed E-state index contributed by atoms with van der Waals surface area (Å²) in [5.74, 6) is 2.74. The molecule has 0 amide bonds. The van der Waals surface area contributed by atoms with E-state index < -0.39 is 9.84 Å². The third-order valence-electron chi connectivity index (χ3n) is 3.38. The molecule has 1 unspecified atom stereocenters. The Labute approximate surface area is 99.1 Å². The molecule has 1 aliphatic rings. The van der Waals surface area contributed by atoms with Crippen LogP contribution in [0.3, 0.4) is 0 Å². The zero-order valence-electron chi connectivity index (χ0n) is 10.4. The molecule has 16 heavy (non-hydrogen) atoms. The summed E-state index contributed by atoms with van der Waals surface area (Å²) in [5.41, 5.74) is -0.354. The monoisotopic (exact) mass is 243 g/mol. The van der Waals surface area contributed by atoms with Gasteiger partial charge in [0.2, 0.25) is 0 Å². The van der Waals surface area contributed by atoms with Crippen molar-refractivity contribution in [1.29, 1.82) is 0 Å². The van der Waals surface area contributed by atoms with Gasteiger partial charge >= 0.3 is 0 Å². The molecule has 0 bridgehead atoms. The van der Waals surface area contributed by atoms with E-state index in [1.807, 2.05) is 13.8 Å². The number of sulfone groups is 1. The zero-order chi connectivity index (χ0) is 12.4. The maximum Gasteiger partial charge on any atom is 0.151 e. The topological polar surface area (TPSA) is 37.4 Å². The van der Waals surface area contributed by atoms with Crippen molar-refractivity contribution in [2.45, 2.75) is 43.9 Å². The predicted octanol–water partition coefficient (Wildman–Crippen LogP) is 1.30. The molecular formula is C12H21NO2S. The minimum atomic E-state index is -2.96. The van der Waals surface area contributed by atoms with E-state index in [0.717, 1.165) is 25.8 Å². The lowest BCUT2D eigenvalue weighted by Gasteiger charge is -2.34. The fourth-order valence-electron chi connectivity index (χ4n) is 2.05. The fraction of sp³-hybridized carbons (Fsp3) is 0.833. The molecule has 1 saturated heterocycles. The first-order valence-corrected chi connectivity index (χ1v) is 7.64. The summed E-state index contributed by atoms with van der Waals surface area (Å²) in [6.45, 7) is 5.40. The van der Waals surface area contributed by atoms with Crippen molar-refractivity contribution in [1.82, 2.24) is 4.90 Å². The number of hydrogen-bond donors (Lipinski definition) is 0. The van der Waals surface area contributed by atoms with E-state index in [4.69, 9.17) is 6.42 Å². The number of likely N-dealkylation sites (tertiary alicyclic amines) is 1.